The summed E-state index contributed by atoms with van der Waals surface area (Å²) in [4.78, 5) is 29.4. The number of amides is 1. The molecule has 1 saturated carbocycles. The van der Waals surface area contributed by atoms with Crippen molar-refractivity contribution in [2.24, 2.45) is 5.92 Å². The van der Waals surface area contributed by atoms with Crippen molar-refractivity contribution in [3.8, 4) is 5.69 Å². The topological polar surface area (TPSA) is 73.2 Å². The lowest BCUT2D eigenvalue weighted by molar-refractivity contribution is -0.122. The van der Waals surface area contributed by atoms with Gasteiger partial charge in [-0.25, -0.2) is 4.79 Å². The quantitative estimate of drug-likeness (QED) is 0.688. The van der Waals surface area contributed by atoms with Gasteiger partial charge < -0.3 is 14.6 Å². The number of para-hydroxylation sites is 1. The number of esters is 1. The van der Waals surface area contributed by atoms with E-state index in [1.54, 1.807) is 18.3 Å². The van der Waals surface area contributed by atoms with Crippen LogP contribution < -0.4 is 5.32 Å². The summed E-state index contributed by atoms with van der Waals surface area (Å²) in [5.74, 6) is -0.401. The predicted molar refractivity (Wildman–Crippen MR) is 108 cm³/mol. The van der Waals surface area contributed by atoms with Gasteiger partial charge in [-0.05, 0) is 56.0 Å². The van der Waals surface area contributed by atoms with Crippen molar-refractivity contribution in [3.63, 3.8) is 0 Å². The summed E-state index contributed by atoms with van der Waals surface area (Å²) in [6.45, 7) is 0. The Bertz CT molecular complexity index is 1070. The molecular weight excluding hydrogens is 366 g/mol. The van der Waals surface area contributed by atoms with Gasteiger partial charge in [0.15, 0.2) is 5.60 Å². The summed E-state index contributed by atoms with van der Waals surface area (Å²) in [6, 6.07) is 15.4. The standard InChI is InChI=1S/C23H21N3O3/c27-21(25-17-10-14-26(15-17)18-5-2-1-3-6-18)16-8-11-23(12-9-16)20-19(22(28)29-23)7-4-13-24-20/h1-7,10,13-16H,8-9,11-12H2,(H,25,27)/t16-,23+. The first-order valence-electron chi connectivity index (χ1n) is 9.88. The predicted octanol–water partition coefficient (Wildman–Crippen LogP) is 4.07. The second-order valence-corrected chi connectivity index (χ2v) is 7.69. The summed E-state index contributed by atoms with van der Waals surface area (Å²) in [7, 11) is 0. The summed E-state index contributed by atoms with van der Waals surface area (Å²) in [5, 5.41) is 3.03. The van der Waals surface area contributed by atoms with Gasteiger partial charge in [0.25, 0.3) is 0 Å². The Kier molecular flexibility index (Phi) is 4.19. The highest BCUT2D eigenvalue weighted by Crippen LogP contribution is 2.47. The minimum atomic E-state index is -0.666. The van der Waals surface area contributed by atoms with Gasteiger partial charge in [-0.15, -0.1) is 0 Å². The highest BCUT2D eigenvalue weighted by atomic mass is 16.6. The molecule has 1 fully saturated rings. The normalized spacial score (nSPS) is 22.9. The van der Waals surface area contributed by atoms with E-state index in [1.807, 2.05) is 53.4 Å². The van der Waals surface area contributed by atoms with Gasteiger partial charge in [-0.2, -0.15) is 0 Å². The zero-order valence-electron chi connectivity index (χ0n) is 15.9. The van der Waals surface area contributed by atoms with Crippen molar-refractivity contribution in [1.82, 2.24) is 9.55 Å². The molecule has 0 bridgehead atoms. The van der Waals surface area contributed by atoms with Crippen LogP contribution in [0.15, 0.2) is 67.1 Å². The van der Waals surface area contributed by atoms with Crippen LogP contribution in [0.2, 0.25) is 0 Å². The van der Waals surface area contributed by atoms with Crippen LogP contribution in [0.1, 0.15) is 41.7 Å². The molecule has 1 N–H and O–H groups in total. The van der Waals surface area contributed by atoms with Crippen molar-refractivity contribution < 1.29 is 14.3 Å². The molecule has 6 nitrogen and oxygen atoms in total. The first kappa shape index (κ1) is 17.7. The number of rotatable bonds is 3. The van der Waals surface area contributed by atoms with Crippen molar-refractivity contribution >= 4 is 17.6 Å². The Hall–Kier alpha value is -3.41. The van der Waals surface area contributed by atoms with E-state index in [2.05, 4.69) is 10.3 Å². The molecule has 29 heavy (non-hydrogen) atoms. The first-order chi connectivity index (χ1) is 14.1. The third kappa shape index (κ3) is 3.10. The van der Waals surface area contributed by atoms with Gasteiger partial charge in [0.2, 0.25) is 5.91 Å². The maximum atomic E-state index is 12.8. The number of anilines is 1. The number of fused-ring (bicyclic) bond motifs is 2. The first-order valence-corrected chi connectivity index (χ1v) is 9.88. The van der Waals surface area contributed by atoms with Crippen LogP contribution in [0, 0.1) is 5.92 Å². The molecule has 3 heterocycles. The smallest absolute Gasteiger partial charge is 0.341 e. The van der Waals surface area contributed by atoms with Gasteiger partial charge in [0, 0.05) is 30.2 Å². The van der Waals surface area contributed by atoms with E-state index in [0.717, 1.165) is 17.1 Å². The number of hydrogen-bond donors (Lipinski definition) is 1. The van der Waals surface area contributed by atoms with Crippen molar-refractivity contribution in [2.75, 3.05) is 5.32 Å². The van der Waals surface area contributed by atoms with Gasteiger partial charge in [-0.1, -0.05) is 18.2 Å². The van der Waals surface area contributed by atoms with Gasteiger partial charge in [0.05, 0.1) is 16.9 Å². The van der Waals surface area contributed by atoms with E-state index in [-0.39, 0.29) is 17.8 Å². The minimum absolute atomic E-state index is 0.0104. The Morgan fingerprint density at radius 3 is 2.69 bits per heavy atom. The molecule has 0 radical (unpaired) electrons. The Morgan fingerprint density at radius 2 is 1.90 bits per heavy atom. The van der Waals surface area contributed by atoms with Crippen LogP contribution >= 0.6 is 0 Å². The van der Waals surface area contributed by atoms with Crippen molar-refractivity contribution in [3.05, 3.63) is 78.4 Å². The van der Waals surface area contributed by atoms with Crippen LogP contribution in [0.25, 0.3) is 5.69 Å². The molecule has 0 atom stereocenters. The number of ether oxygens (including phenoxy) is 1. The fourth-order valence-electron chi connectivity index (χ4n) is 4.37. The lowest BCUT2D eigenvalue weighted by Gasteiger charge is -2.35. The van der Waals surface area contributed by atoms with Crippen LogP contribution in [-0.2, 0) is 15.1 Å². The summed E-state index contributed by atoms with van der Waals surface area (Å²) in [5.41, 5.74) is 2.43. The number of carbonyl (C=O) groups is 2. The average Bonchev–Trinajstić information content (AvgIpc) is 3.33. The fraction of sp³-hybridized carbons (Fsp3) is 0.261. The number of carbonyl (C=O) groups excluding carboxylic acids is 2. The molecule has 2 aliphatic rings. The molecule has 146 valence electrons. The maximum Gasteiger partial charge on any atom is 0.341 e. The number of pyridine rings is 1. The number of benzene rings is 1. The van der Waals surface area contributed by atoms with E-state index in [4.69, 9.17) is 4.74 Å². The largest absolute Gasteiger partial charge is 0.449 e. The maximum absolute atomic E-state index is 12.8. The van der Waals surface area contributed by atoms with E-state index >= 15 is 0 Å². The molecule has 5 rings (SSSR count). The summed E-state index contributed by atoms with van der Waals surface area (Å²) >= 11 is 0. The number of nitrogens with zero attached hydrogens (tertiary/aromatic N) is 2. The monoisotopic (exact) mass is 387 g/mol. The summed E-state index contributed by atoms with van der Waals surface area (Å²) in [6.07, 6.45) is 8.09. The van der Waals surface area contributed by atoms with Gasteiger partial charge >= 0.3 is 5.97 Å². The Balaban J connectivity index is 1.25. The van der Waals surface area contributed by atoms with Crippen LogP contribution in [0.4, 0.5) is 5.69 Å². The summed E-state index contributed by atoms with van der Waals surface area (Å²) < 4.78 is 7.70. The lowest BCUT2D eigenvalue weighted by atomic mass is 9.76. The third-order valence-electron chi connectivity index (χ3n) is 5.93. The number of nitrogens with one attached hydrogen (secondary N) is 1. The highest BCUT2D eigenvalue weighted by molar-refractivity contribution is 5.94. The molecular formula is C23H21N3O3. The van der Waals surface area contributed by atoms with E-state index in [1.165, 1.54) is 0 Å². The number of aromatic nitrogens is 2. The lowest BCUT2D eigenvalue weighted by Crippen LogP contribution is -2.36. The zero-order chi connectivity index (χ0) is 19.8. The average molecular weight is 387 g/mol. The molecule has 0 unspecified atom stereocenters. The number of hydrogen-bond acceptors (Lipinski definition) is 4. The molecule has 1 aliphatic heterocycles. The van der Waals surface area contributed by atoms with Crippen molar-refractivity contribution in [1.29, 1.82) is 0 Å². The SMILES string of the molecule is O=C1O[C@]2(CC[C@@H](C(=O)Nc3ccn(-c4ccccc4)c3)CC2)c2ncccc21. The minimum Gasteiger partial charge on any atom is -0.449 e. The Labute approximate surface area is 168 Å². The van der Waals surface area contributed by atoms with E-state index in [9.17, 15) is 9.59 Å². The third-order valence-corrected chi connectivity index (χ3v) is 5.93. The second-order valence-electron chi connectivity index (χ2n) is 7.69. The molecule has 0 saturated heterocycles. The molecule has 6 heteroatoms. The van der Waals surface area contributed by atoms with Crippen LogP contribution in [0.5, 0.6) is 0 Å². The van der Waals surface area contributed by atoms with Crippen LogP contribution in [0.3, 0.4) is 0 Å². The van der Waals surface area contributed by atoms with E-state index < -0.39 is 5.60 Å². The molecule has 1 amide bonds. The van der Waals surface area contributed by atoms with E-state index in [0.29, 0.717) is 31.2 Å². The molecule has 2 aromatic heterocycles. The molecule has 1 spiro atoms. The molecule has 1 aliphatic carbocycles. The second kappa shape index (κ2) is 6.88. The van der Waals surface area contributed by atoms with Crippen molar-refractivity contribution in [2.45, 2.75) is 31.3 Å². The highest BCUT2D eigenvalue weighted by Gasteiger charge is 2.49. The van der Waals surface area contributed by atoms with Crippen LogP contribution in [-0.4, -0.2) is 21.4 Å². The molecule has 3 aromatic rings. The van der Waals surface area contributed by atoms with Gasteiger partial charge in [0.1, 0.15) is 0 Å². The Morgan fingerprint density at radius 1 is 1.10 bits per heavy atom. The zero-order valence-corrected chi connectivity index (χ0v) is 15.9. The molecule has 1 aromatic carbocycles. The van der Waals surface area contributed by atoms with Gasteiger partial charge in [-0.3, -0.25) is 9.78 Å². The fourth-order valence-corrected chi connectivity index (χ4v) is 4.37.